The number of esters is 1. The van der Waals surface area contributed by atoms with E-state index in [0.717, 1.165) is 58.5 Å². The normalized spacial score (nSPS) is 23.7. The second-order valence-corrected chi connectivity index (χ2v) is 8.88. The average molecular weight is 500 g/mol. The van der Waals surface area contributed by atoms with Gasteiger partial charge in [-0.05, 0) is 44.4 Å². The van der Waals surface area contributed by atoms with E-state index in [4.69, 9.17) is 9.84 Å². The van der Waals surface area contributed by atoms with Gasteiger partial charge in [0.15, 0.2) is 0 Å². The van der Waals surface area contributed by atoms with Gasteiger partial charge >= 0.3 is 5.97 Å². The number of ether oxygens (including phenoxy) is 1. The van der Waals surface area contributed by atoms with E-state index in [-0.39, 0.29) is 23.5 Å². The number of carbonyl (C=O) groups is 2. The number of hydrogen-bond donors (Lipinski definition) is 2. The Morgan fingerprint density at radius 1 is 1.09 bits per heavy atom. The molecular formula is C30H61NO4. The summed E-state index contributed by atoms with van der Waals surface area (Å²) in [5.74, 6) is 0.996. The van der Waals surface area contributed by atoms with Crippen LogP contribution >= 0.6 is 0 Å². The van der Waals surface area contributed by atoms with Gasteiger partial charge in [0.2, 0.25) is 0 Å². The number of nitrogens with one attached hydrogen (secondary N) is 1. The van der Waals surface area contributed by atoms with Gasteiger partial charge in [-0.25, -0.2) is 0 Å². The van der Waals surface area contributed by atoms with Crippen molar-refractivity contribution in [1.82, 2.24) is 5.32 Å². The monoisotopic (exact) mass is 499 g/mol. The first-order valence-corrected chi connectivity index (χ1v) is 14.0. The zero-order valence-electron chi connectivity index (χ0n) is 25.4. The highest BCUT2D eigenvalue weighted by Crippen LogP contribution is 2.39. The Hall–Kier alpha value is -1.38. The van der Waals surface area contributed by atoms with Gasteiger partial charge in [-0.3, -0.25) is 9.59 Å². The second kappa shape index (κ2) is 25.7. The molecule has 1 heterocycles. The molecule has 2 N–H and O–H groups in total. The van der Waals surface area contributed by atoms with E-state index in [1.54, 1.807) is 0 Å². The molecule has 1 aliphatic heterocycles. The van der Waals surface area contributed by atoms with Crippen molar-refractivity contribution in [2.75, 3.05) is 7.11 Å². The van der Waals surface area contributed by atoms with Crippen molar-refractivity contribution in [1.29, 1.82) is 0 Å². The standard InChI is InChI=1S/C21H37NO3.3C2H6.C2H2.CH4O/c1-6-7-8-15(4)19(25-20(24)14(2)3)21(5)12-11-18(22-21)16-9-10-17(23)13-16;5*1-2/h14-16,18-19,22H,6-13H2,1-5H3;3*1-2H3;1-2H;2H,1H3. The van der Waals surface area contributed by atoms with E-state index in [9.17, 15) is 9.59 Å². The van der Waals surface area contributed by atoms with Crippen LogP contribution in [0.3, 0.4) is 0 Å². The molecule has 0 aromatic heterocycles. The van der Waals surface area contributed by atoms with Crippen LogP contribution in [0.15, 0.2) is 0 Å². The first kappa shape index (κ1) is 40.8. The lowest BCUT2D eigenvalue weighted by atomic mass is 9.82. The van der Waals surface area contributed by atoms with Crippen LogP contribution in [0.25, 0.3) is 0 Å². The van der Waals surface area contributed by atoms with E-state index in [1.807, 2.05) is 55.4 Å². The van der Waals surface area contributed by atoms with Crippen molar-refractivity contribution >= 4 is 11.8 Å². The lowest BCUT2D eigenvalue weighted by Gasteiger charge is -2.39. The summed E-state index contributed by atoms with van der Waals surface area (Å²) in [6.07, 6.45) is 15.8. The molecule has 1 saturated heterocycles. The average Bonchev–Trinajstić information content (AvgIpc) is 3.53. The first-order valence-electron chi connectivity index (χ1n) is 14.0. The number of rotatable bonds is 8. The molecule has 2 rings (SSSR count). The highest BCUT2D eigenvalue weighted by atomic mass is 16.5. The Morgan fingerprint density at radius 3 is 2.00 bits per heavy atom. The fourth-order valence-electron chi connectivity index (χ4n) is 4.60. The molecule has 0 bridgehead atoms. The molecule has 0 aromatic rings. The summed E-state index contributed by atoms with van der Waals surface area (Å²) in [5, 5.41) is 10.8. The topological polar surface area (TPSA) is 75.6 Å². The summed E-state index contributed by atoms with van der Waals surface area (Å²) in [6.45, 7) is 22.4. The largest absolute Gasteiger partial charge is 0.460 e. The second-order valence-electron chi connectivity index (χ2n) is 8.88. The van der Waals surface area contributed by atoms with Gasteiger partial charge in [0.25, 0.3) is 0 Å². The highest BCUT2D eigenvalue weighted by molar-refractivity contribution is 5.80. The number of hydrogen-bond acceptors (Lipinski definition) is 5. The van der Waals surface area contributed by atoms with Crippen LogP contribution in [0.1, 0.15) is 128 Å². The van der Waals surface area contributed by atoms with E-state index in [0.29, 0.717) is 23.7 Å². The molecule has 0 radical (unpaired) electrons. The molecule has 1 saturated carbocycles. The zero-order chi connectivity index (χ0) is 28.6. The van der Waals surface area contributed by atoms with Crippen LogP contribution in [-0.2, 0) is 14.3 Å². The lowest BCUT2D eigenvalue weighted by Crippen LogP contribution is -2.55. The van der Waals surface area contributed by atoms with Crippen LogP contribution in [0, 0.1) is 30.6 Å². The van der Waals surface area contributed by atoms with Crippen molar-refractivity contribution in [3.8, 4) is 12.8 Å². The third-order valence-corrected chi connectivity index (χ3v) is 6.22. The van der Waals surface area contributed by atoms with Crippen LogP contribution in [0.4, 0.5) is 0 Å². The highest BCUT2D eigenvalue weighted by Gasteiger charge is 2.47. The maximum atomic E-state index is 12.3. The summed E-state index contributed by atoms with van der Waals surface area (Å²) in [6, 6.07) is 0.384. The van der Waals surface area contributed by atoms with Gasteiger partial charge in [-0.2, -0.15) is 0 Å². The molecule has 5 atom stereocenters. The Morgan fingerprint density at radius 2 is 1.60 bits per heavy atom. The van der Waals surface area contributed by atoms with Gasteiger partial charge in [0.1, 0.15) is 11.9 Å². The Balaban J connectivity index is -0.000000426. The van der Waals surface area contributed by atoms with E-state index >= 15 is 0 Å². The van der Waals surface area contributed by atoms with E-state index in [2.05, 4.69) is 38.9 Å². The van der Waals surface area contributed by atoms with Crippen LogP contribution in [-0.4, -0.2) is 41.7 Å². The predicted molar refractivity (Wildman–Crippen MR) is 152 cm³/mol. The van der Waals surface area contributed by atoms with Gasteiger partial charge < -0.3 is 15.2 Å². The predicted octanol–water partition coefficient (Wildman–Crippen LogP) is 7.20. The van der Waals surface area contributed by atoms with Crippen molar-refractivity contribution in [2.24, 2.45) is 17.8 Å². The molecule has 5 heteroatoms. The molecule has 0 spiro atoms. The van der Waals surface area contributed by atoms with Crippen LogP contribution in [0.2, 0.25) is 0 Å². The number of aliphatic hydroxyl groups is 1. The maximum Gasteiger partial charge on any atom is 0.308 e. The summed E-state index contributed by atoms with van der Waals surface area (Å²) in [7, 11) is 1.00. The maximum absolute atomic E-state index is 12.3. The van der Waals surface area contributed by atoms with Gasteiger partial charge in [0, 0.05) is 26.0 Å². The molecule has 35 heavy (non-hydrogen) atoms. The first-order chi connectivity index (χ1) is 16.8. The number of Topliss-reactive ketones (excluding diaryl/α,β-unsaturated/α-hetero) is 1. The molecule has 5 unspecified atom stereocenters. The summed E-state index contributed by atoms with van der Waals surface area (Å²) in [4.78, 5) is 24.0. The quantitative estimate of drug-likeness (QED) is 0.273. The Labute approximate surface area is 219 Å². The fraction of sp³-hybridized carbons (Fsp3) is 0.867. The third-order valence-electron chi connectivity index (χ3n) is 6.22. The lowest BCUT2D eigenvalue weighted by molar-refractivity contribution is -0.160. The Bertz CT molecular complexity index is 518. The molecule has 0 aromatic carbocycles. The van der Waals surface area contributed by atoms with E-state index < -0.39 is 0 Å². The smallest absolute Gasteiger partial charge is 0.308 e. The summed E-state index contributed by atoms with van der Waals surface area (Å²) >= 11 is 0. The minimum atomic E-state index is -0.186. The number of unbranched alkanes of at least 4 members (excludes halogenated alkanes) is 1. The molecule has 1 aliphatic carbocycles. The van der Waals surface area contributed by atoms with Crippen LogP contribution in [0.5, 0.6) is 0 Å². The van der Waals surface area contributed by atoms with Crippen molar-refractivity contribution in [3.63, 3.8) is 0 Å². The third kappa shape index (κ3) is 15.4. The molecule has 0 amide bonds. The van der Waals surface area contributed by atoms with Crippen molar-refractivity contribution in [3.05, 3.63) is 0 Å². The van der Waals surface area contributed by atoms with Gasteiger partial charge in [0.05, 0.1) is 11.5 Å². The van der Waals surface area contributed by atoms with Gasteiger partial charge in [-0.15, -0.1) is 12.8 Å². The zero-order valence-corrected chi connectivity index (χ0v) is 25.4. The van der Waals surface area contributed by atoms with Crippen LogP contribution < -0.4 is 5.32 Å². The molecule has 2 aliphatic rings. The molecule has 5 nitrogen and oxygen atoms in total. The summed E-state index contributed by atoms with van der Waals surface area (Å²) < 4.78 is 6.02. The number of terminal acetylenes is 1. The van der Waals surface area contributed by atoms with Crippen molar-refractivity contribution < 1.29 is 19.4 Å². The van der Waals surface area contributed by atoms with Gasteiger partial charge in [-0.1, -0.05) is 82.1 Å². The molecule has 210 valence electrons. The number of ketones is 1. The molecular weight excluding hydrogens is 438 g/mol. The van der Waals surface area contributed by atoms with E-state index in [1.165, 1.54) is 0 Å². The Kier molecular flexibility index (Phi) is 29.9. The minimum absolute atomic E-state index is 0.101. The molecule has 2 fully saturated rings. The number of aliphatic hydroxyl groups excluding tert-OH is 1. The SMILES string of the molecule is C#C.CC.CC.CC.CCCCC(C)C(OC(=O)C(C)C)C1(C)CCC(C2CCC(=O)C2)N1.CO. The minimum Gasteiger partial charge on any atom is -0.460 e. The fourth-order valence-corrected chi connectivity index (χ4v) is 4.60. The summed E-state index contributed by atoms with van der Waals surface area (Å²) in [5.41, 5.74) is -0.186. The number of carbonyl (C=O) groups excluding carboxylic acids is 2. The van der Waals surface area contributed by atoms with Crippen molar-refractivity contribution in [2.45, 2.75) is 145 Å².